The van der Waals surface area contributed by atoms with Gasteiger partial charge in [-0.1, -0.05) is 18.2 Å². The Balaban J connectivity index is 2.87. The topological polar surface area (TPSA) is 37.3 Å². The molecule has 0 bridgehead atoms. The zero-order valence-corrected chi connectivity index (χ0v) is 9.51. The zero-order chi connectivity index (χ0) is 12.1. The lowest BCUT2D eigenvalue weighted by molar-refractivity contribution is -0.138. The molecule has 1 atom stereocenters. The molecule has 1 aromatic carbocycles. The van der Waals surface area contributed by atoms with Crippen molar-refractivity contribution in [2.24, 2.45) is 0 Å². The van der Waals surface area contributed by atoms with E-state index < -0.39 is 18.3 Å². The first kappa shape index (κ1) is 13.0. The Morgan fingerprint density at radius 1 is 1.44 bits per heavy atom. The summed E-state index contributed by atoms with van der Waals surface area (Å²) in [6, 6.07) is 6.75. The van der Waals surface area contributed by atoms with Crippen LogP contribution < -0.4 is 0 Å². The zero-order valence-electron chi connectivity index (χ0n) is 8.69. The van der Waals surface area contributed by atoms with Crippen molar-refractivity contribution in [1.29, 1.82) is 0 Å². The van der Waals surface area contributed by atoms with Gasteiger partial charge >= 0.3 is 5.97 Å². The molecule has 0 radical (unpaired) electrons. The van der Waals surface area contributed by atoms with Gasteiger partial charge < -0.3 is 5.11 Å². The summed E-state index contributed by atoms with van der Waals surface area (Å²) >= 11 is 0.988. The van der Waals surface area contributed by atoms with Crippen molar-refractivity contribution in [3.8, 4) is 0 Å². The van der Waals surface area contributed by atoms with E-state index in [1.54, 1.807) is 31.2 Å². The Kier molecular flexibility index (Phi) is 4.73. The van der Waals surface area contributed by atoms with Crippen LogP contribution in [0.1, 0.15) is 18.4 Å². The van der Waals surface area contributed by atoms with Crippen molar-refractivity contribution in [1.82, 2.24) is 0 Å². The van der Waals surface area contributed by atoms with Crippen LogP contribution in [-0.4, -0.2) is 23.3 Å². The molecule has 0 saturated heterocycles. The SMILES string of the molecule is CC(C(=O)O)c1ccccc1SCC(F)F. The average Bonchev–Trinajstić information content (AvgIpc) is 2.25. The van der Waals surface area contributed by atoms with Gasteiger partial charge in [0, 0.05) is 4.90 Å². The van der Waals surface area contributed by atoms with E-state index in [-0.39, 0.29) is 5.75 Å². The van der Waals surface area contributed by atoms with Crippen LogP contribution in [0.15, 0.2) is 29.2 Å². The summed E-state index contributed by atoms with van der Waals surface area (Å²) in [6.45, 7) is 1.55. The van der Waals surface area contributed by atoms with E-state index in [1.165, 1.54) is 0 Å². The number of carboxylic acids is 1. The van der Waals surface area contributed by atoms with Crippen LogP contribution in [0.5, 0.6) is 0 Å². The molecular weight excluding hydrogens is 234 g/mol. The largest absolute Gasteiger partial charge is 0.481 e. The number of carbonyl (C=O) groups is 1. The molecule has 0 aliphatic heterocycles. The Bertz CT molecular complexity index is 369. The van der Waals surface area contributed by atoms with Crippen LogP contribution in [0.25, 0.3) is 0 Å². The first-order chi connectivity index (χ1) is 7.52. The maximum atomic E-state index is 12.1. The fourth-order valence-electron chi connectivity index (χ4n) is 1.26. The molecule has 1 rings (SSSR count). The van der Waals surface area contributed by atoms with E-state index in [2.05, 4.69) is 0 Å². The molecule has 88 valence electrons. The van der Waals surface area contributed by atoms with E-state index in [0.717, 1.165) is 11.8 Å². The van der Waals surface area contributed by atoms with E-state index >= 15 is 0 Å². The Morgan fingerprint density at radius 2 is 2.06 bits per heavy atom. The first-order valence-corrected chi connectivity index (χ1v) is 5.73. The Hall–Kier alpha value is -1.10. The third kappa shape index (κ3) is 3.48. The third-order valence-electron chi connectivity index (χ3n) is 2.12. The smallest absolute Gasteiger partial charge is 0.310 e. The van der Waals surface area contributed by atoms with Crippen molar-refractivity contribution in [3.63, 3.8) is 0 Å². The third-order valence-corrected chi connectivity index (χ3v) is 3.22. The first-order valence-electron chi connectivity index (χ1n) is 4.75. The second kappa shape index (κ2) is 5.84. The highest BCUT2D eigenvalue weighted by atomic mass is 32.2. The summed E-state index contributed by atoms with van der Waals surface area (Å²) in [6.07, 6.45) is -2.39. The van der Waals surface area contributed by atoms with Crippen molar-refractivity contribution in [2.45, 2.75) is 24.2 Å². The molecule has 0 saturated carbocycles. The van der Waals surface area contributed by atoms with Gasteiger partial charge in [0.25, 0.3) is 0 Å². The Labute approximate surface area is 96.7 Å². The molecule has 0 aromatic heterocycles. The van der Waals surface area contributed by atoms with Gasteiger partial charge in [-0.3, -0.25) is 4.79 Å². The number of carboxylic acid groups (broad SMARTS) is 1. The van der Waals surface area contributed by atoms with Crippen molar-refractivity contribution < 1.29 is 18.7 Å². The average molecular weight is 246 g/mol. The van der Waals surface area contributed by atoms with Gasteiger partial charge in [-0.2, -0.15) is 0 Å². The summed E-state index contributed by atoms with van der Waals surface area (Å²) in [5.41, 5.74) is 0.584. The summed E-state index contributed by atoms with van der Waals surface area (Å²) in [7, 11) is 0. The normalized spacial score (nSPS) is 12.8. The second-order valence-electron chi connectivity index (χ2n) is 3.30. The standard InChI is InChI=1S/C11H12F2O2S/c1-7(11(14)15)8-4-2-3-5-9(8)16-6-10(12)13/h2-5,7,10H,6H2,1H3,(H,14,15). The van der Waals surface area contributed by atoms with E-state index in [1.807, 2.05) is 0 Å². The number of alkyl halides is 2. The number of hydrogen-bond donors (Lipinski definition) is 1. The molecule has 0 amide bonds. The number of halogens is 2. The molecule has 5 heteroatoms. The maximum absolute atomic E-state index is 12.1. The van der Waals surface area contributed by atoms with E-state index in [0.29, 0.717) is 10.5 Å². The maximum Gasteiger partial charge on any atom is 0.310 e. The highest BCUT2D eigenvalue weighted by Gasteiger charge is 2.17. The van der Waals surface area contributed by atoms with Gasteiger partial charge in [0.1, 0.15) is 0 Å². The molecule has 16 heavy (non-hydrogen) atoms. The van der Waals surface area contributed by atoms with Crippen LogP contribution in [0.3, 0.4) is 0 Å². The quantitative estimate of drug-likeness (QED) is 0.810. The molecule has 0 heterocycles. The van der Waals surface area contributed by atoms with Crippen molar-refractivity contribution in [3.05, 3.63) is 29.8 Å². The number of aliphatic carboxylic acids is 1. The molecule has 0 spiro atoms. The molecule has 1 unspecified atom stereocenters. The van der Waals surface area contributed by atoms with E-state index in [9.17, 15) is 13.6 Å². The number of rotatable bonds is 5. The fourth-order valence-corrected chi connectivity index (χ4v) is 2.15. The van der Waals surface area contributed by atoms with Crippen molar-refractivity contribution in [2.75, 3.05) is 5.75 Å². The van der Waals surface area contributed by atoms with Gasteiger partial charge in [0.05, 0.1) is 11.7 Å². The molecule has 0 fully saturated rings. The lowest BCUT2D eigenvalue weighted by Crippen LogP contribution is -2.08. The summed E-state index contributed by atoms with van der Waals surface area (Å²) in [5.74, 6) is -1.95. The number of benzene rings is 1. The minimum absolute atomic E-state index is 0.316. The summed E-state index contributed by atoms with van der Waals surface area (Å²) in [4.78, 5) is 11.4. The number of thioether (sulfide) groups is 1. The molecule has 1 aromatic rings. The van der Waals surface area contributed by atoms with Gasteiger partial charge in [0.2, 0.25) is 6.43 Å². The Morgan fingerprint density at radius 3 is 2.62 bits per heavy atom. The predicted octanol–water partition coefficient (Wildman–Crippen LogP) is 3.23. The lowest BCUT2D eigenvalue weighted by Gasteiger charge is -2.12. The monoisotopic (exact) mass is 246 g/mol. The molecule has 2 nitrogen and oxygen atoms in total. The molecular formula is C11H12F2O2S. The fraction of sp³-hybridized carbons (Fsp3) is 0.364. The molecule has 0 aliphatic rings. The molecule has 1 N–H and O–H groups in total. The highest BCUT2D eigenvalue weighted by Crippen LogP contribution is 2.29. The van der Waals surface area contributed by atoms with Crippen molar-refractivity contribution >= 4 is 17.7 Å². The predicted molar refractivity (Wildman–Crippen MR) is 59.2 cm³/mol. The lowest BCUT2D eigenvalue weighted by atomic mass is 10.0. The molecule has 0 aliphatic carbocycles. The van der Waals surface area contributed by atoms with Crippen LogP contribution in [0, 0.1) is 0 Å². The highest BCUT2D eigenvalue weighted by molar-refractivity contribution is 7.99. The van der Waals surface area contributed by atoms with Crippen LogP contribution in [0.2, 0.25) is 0 Å². The minimum Gasteiger partial charge on any atom is -0.481 e. The van der Waals surface area contributed by atoms with Crippen LogP contribution in [0.4, 0.5) is 8.78 Å². The number of hydrogen-bond acceptors (Lipinski definition) is 2. The van der Waals surface area contributed by atoms with Gasteiger partial charge in [0.15, 0.2) is 0 Å². The van der Waals surface area contributed by atoms with Crippen LogP contribution in [-0.2, 0) is 4.79 Å². The van der Waals surface area contributed by atoms with E-state index in [4.69, 9.17) is 5.11 Å². The minimum atomic E-state index is -2.39. The summed E-state index contributed by atoms with van der Waals surface area (Å²) < 4.78 is 24.1. The van der Waals surface area contributed by atoms with Gasteiger partial charge in [-0.15, -0.1) is 11.8 Å². The van der Waals surface area contributed by atoms with Gasteiger partial charge in [-0.05, 0) is 18.6 Å². The summed E-state index contributed by atoms with van der Waals surface area (Å²) in [5, 5.41) is 8.88. The van der Waals surface area contributed by atoms with Gasteiger partial charge in [-0.25, -0.2) is 8.78 Å². The second-order valence-corrected chi connectivity index (χ2v) is 4.36. The van der Waals surface area contributed by atoms with Crippen LogP contribution >= 0.6 is 11.8 Å².